The summed E-state index contributed by atoms with van der Waals surface area (Å²) in [6.45, 7) is 2.51. The third kappa shape index (κ3) is 3.28. The summed E-state index contributed by atoms with van der Waals surface area (Å²) in [4.78, 5) is 13.2. The highest BCUT2D eigenvalue weighted by Crippen LogP contribution is 2.36. The summed E-state index contributed by atoms with van der Waals surface area (Å²) < 4.78 is 2.29. The summed E-state index contributed by atoms with van der Waals surface area (Å²) >= 11 is 5.96. The molecule has 7 nitrogen and oxygen atoms in total. The number of nitro benzene ring substituents is 1. The van der Waals surface area contributed by atoms with Crippen LogP contribution >= 0.6 is 11.6 Å². The molecule has 0 saturated carbocycles. The number of aryl methyl sites for hydroxylation is 1. The zero-order chi connectivity index (χ0) is 18.1. The van der Waals surface area contributed by atoms with E-state index in [9.17, 15) is 10.1 Å². The number of fused-ring (bicyclic) bond motifs is 1. The van der Waals surface area contributed by atoms with Gasteiger partial charge in [-0.15, -0.1) is 10.2 Å². The Morgan fingerprint density at radius 1 is 1.15 bits per heavy atom. The maximum absolute atomic E-state index is 11.5. The second-order valence-electron chi connectivity index (χ2n) is 7.11. The highest BCUT2D eigenvalue weighted by molar-refractivity contribution is 6.30. The maximum atomic E-state index is 11.5. The van der Waals surface area contributed by atoms with Crippen LogP contribution in [0.15, 0.2) is 18.2 Å². The van der Waals surface area contributed by atoms with Gasteiger partial charge in [0, 0.05) is 43.1 Å². The van der Waals surface area contributed by atoms with Crippen molar-refractivity contribution < 1.29 is 4.92 Å². The second-order valence-corrected chi connectivity index (χ2v) is 7.55. The smallest absolute Gasteiger partial charge is 0.294 e. The number of hydrogen-bond acceptors (Lipinski definition) is 5. The molecule has 0 spiro atoms. The summed E-state index contributed by atoms with van der Waals surface area (Å²) in [6.07, 6.45) is 6.58. The van der Waals surface area contributed by atoms with Crippen molar-refractivity contribution in [2.24, 2.45) is 0 Å². The SMILES string of the molecule is O=[N+]([O-])c1cc(Cl)ccc1N1CCCC(c2nnc3n2CCCCC3)C1. The first kappa shape index (κ1) is 17.3. The van der Waals surface area contributed by atoms with Crippen molar-refractivity contribution in [1.82, 2.24) is 14.8 Å². The Hall–Kier alpha value is -2.15. The van der Waals surface area contributed by atoms with Gasteiger partial charge in [0.1, 0.15) is 17.3 Å². The number of halogens is 1. The lowest BCUT2D eigenvalue weighted by atomic mass is 9.96. The molecule has 0 amide bonds. The Labute approximate surface area is 157 Å². The number of hydrogen-bond donors (Lipinski definition) is 0. The molecule has 138 valence electrons. The summed E-state index contributed by atoms with van der Waals surface area (Å²) in [6, 6.07) is 4.91. The van der Waals surface area contributed by atoms with Gasteiger partial charge in [-0.05, 0) is 37.8 Å². The number of rotatable bonds is 3. The number of benzene rings is 1. The molecule has 3 heterocycles. The Balaban J connectivity index is 1.61. The minimum Gasteiger partial charge on any atom is -0.365 e. The van der Waals surface area contributed by atoms with Gasteiger partial charge in [-0.3, -0.25) is 10.1 Å². The van der Waals surface area contributed by atoms with Gasteiger partial charge >= 0.3 is 0 Å². The van der Waals surface area contributed by atoms with E-state index in [1.165, 1.54) is 18.9 Å². The Morgan fingerprint density at radius 3 is 2.88 bits per heavy atom. The van der Waals surface area contributed by atoms with E-state index < -0.39 is 0 Å². The van der Waals surface area contributed by atoms with Crippen LogP contribution in [-0.2, 0) is 13.0 Å². The highest BCUT2D eigenvalue weighted by Gasteiger charge is 2.30. The topological polar surface area (TPSA) is 77.1 Å². The van der Waals surface area contributed by atoms with Crippen molar-refractivity contribution in [2.45, 2.75) is 51.0 Å². The number of aromatic nitrogens is 3. The molecule has 0 bridgehead atoms. The zero-order valence-electron chi connectivity index (χ0n) is 14.6. The second kappa shape index (κ2) is 7.23. The van der Waals surface area contributed by atoms with Crippen LogP contribution < -0.4 is 4.90 Å². The predicted octanol–water partition coefficient (Wildman–Crippen LogP) is 3.95. The highest BCUT2D eigenvalue weighted by atomic mass is 35.5. The third-order valence-corrected chi connectivity index (χ3v) is 5.63. The van der Waals surface area contributed by atoms with Gasteiger partial charge in [0.15, 0.2) is 0 Å². The zero-order valence-corrected chi connectivity index (χ0v) is 15.4. The van der Waals surface area contributed by atoms with Gasteiger partial charge in [0.05, 0.1) is 4.92 Å². The van der Waals surface area contributed by atoms with Gasteiger partial charge < -0.3 is 9.47 Å². The van der Waals surface area contributed by atoms with E-state index in [4.69, 9.17) is 11.6 Å². The molecule has 4 rings (SSSR count). The quantitative estimate of drug-likeness (QED) is 0.599. The van der Waals surface area contributed by atoms with Gasteiger partial charge in [0.25, 0.3) is 5.69 Å². The monoisotopic (exact) mass is 375 g/mol. The van der Waals surface area contributed by atoms with E-state index >= 15 is 0 Å². The predicted molar refractivity (Wildman–Crippen MR) is 99.9 cm³/mol. The maximum Gasteiger partial charge on any atom is 0.294 e. The van der Waals surface area contributed by atoms with Crippen molar-refractivity contribution in [3.05, 3.63) is 45.0 Å². The Bertz CT molecular complexity index is 822. The van der Waals surface area contributed by atoms with Gasteiger partial charge in [-0.25, -0.2) is 0 Å². The molecule has 1 aromatic heterocycles. The van der Waals surface area contributed by atoms with Crippen LogP contribution in [-0.4, -0.2) is 32.8 Å². The summed E-state index contributed by atoms with van der Waals surface area (Å²) in [5, 5.41) is 20.7. The number of nitrogens with zero attached hydrogens (tertiary/aromatic N) is 5. The van der Waals surface area contributed by atoms with E-state index in [2.05, 4.69) is 19.7 Å². The molecule has 1 saturated heterocycles. The standard InChI is InChI=1S/C18H22ClN5O2/c19-14-7-8-15(16(11-14)24(25)26)22-9-4-5-13(12-22)18-21-20-17-6-2-1-3-10-23(17)18/h7-8,11,13H,1-6,9-10,12H2. The van der Waals surface area contributed by atoms with Crippen LogP contribution in [0.4, 0.5) is 11.4 Å². The third-order valence-electron chi connectivity index (χ3n) is 5.40. The normalized spacial score (nSPS) is 20.5. The molecule has 1 atom stereocenters. The molecule has 8 heteroatoms. The van der Waals surface area contributed by atoms with Crippen LogP contribution in [0.2, 0.25) is 5.02 Å². The Kier molecular flexibility index (Phi) is 4.80. The number of piperidine rings is 1. The molecule has 2 aliphatic rings. The van der Waals surface area contributed by atoms with E-state index in [0.29, 0.717) is 10.7 Å². The molecule has 2 aromatic rings. The van der Waals surface area contributed by atoms with Crippen molar-refractivity contribution in [2.75, 3.05) is 18.0 Å². The fourth-order valence-corrected chi connectivity index (χ4v) is 4.29. The molecule has 1 fully saturated rings. The van der Waals surface area contributed by atoms with Gasteiger partial charge in [0.2, 0.25) is 0 Å². The average molecular weight is 376 g/mol. The first-order valence-electron chi connectivity index (χ1n) is 9.24. The molecule has 0 N–H and O–H groups in total. The van der Waals surface area contributed by atoms with E-state index in [1.807, 2.05) is 0 Å². The summed E-state index contributed by atoms with van der Waals surface area (Å²) in [5.41, 5.74) is 0.706. The van der Waals surface area contributed by atoms with Crippen molar-refractivity contribution in [1.29, 1.82) is 0 Å². The summed E-state index contributed by atoms with van der Waals surface area (Å²) in [5.74, 6) is 2.38. The van der Waals surface area contributed by atoms with Gasteiger partial charge in [-0.1, -0.05) is 18.0 Å². The van der Waals surface area contributed by atoms with E-state index in [1.54, 1.807) is 12.1 Å². The molecule has 1 unspecified atom stereocenters. The largest absolute Gasteiger partial charge is 0.365 e. The number of nitro groups is 1. The van der Waals surface area contributed by atoms with Crippen LogP contribution in [0.25, 0.3) is 0 Å². The fourth-order valence-electron chi connectivity index (χ4n) is 4.13. The van der Waals surface area contributed by atoms with Crippen LogP contribution in [0.1, 0.15) is 49.7 Å². The first-order chi connectivity index (χ1) is 12.6. The molecule has 0 aliphatic carbocycles. The minimum absolute atomic E-state index is 0.0678. The van der Waals surface area contributed by atoms with E-state index in [-0.39, 0.29) is 16.5 Å². The molecule has 2 aliphatic heterocycles. The van der Waals surface area contributed by atoms with Crippen LogP contribution in [0.5, 0.6) is 0 Å². The molecular formula is C18H22ClN5O2. The molecule has 26 heavy (non-hydrogen) atoms. The minimum atomic E-state index is -0.353. The van der Waals surface area contributed by atoms with Crippen molar-refractivity contribution >= 4 is 23.0 Å². The summed E-state index contributed by atoms with van der Waals surface area (Å²) in [7, 11) is 0. The molecule has 1 aromatic carbocycles. The van der Waals surface area contributed by atoms with Gasteiger partial charge in [-0.2, -0.15) is 0 Å². The Morgan fingerprint density at radius 2 is 2.04 bits per heavy atom. The number of anilines is 1. The van der Waals surface area contributed by atoms with E-state index in [0.717, 1.165) is 57.0 Å². The lowest BCUT2D eigenvalue weighted by Crippen LogP contribution is -2.35. The van der Waals surface area contributed by atoms with Crippen molar-refractivity contribution in [3.63, 3.8) is 0 Å². The first-order valence-corrected chi connectivity index (χ1v) is 9.62. The fraction of sp³-hybridized carbons (Fsp3) is 0.556. The molecular weight excluding hydrogens is 354 g/mol. The van der Waals surface area contributed by atoms with Crippen LogP contribution in [0, 0.1) is 10.1 Å². The lowest BCUT2D eigenvalue weighted by Gasteiger charge is -2.33. The lowest BCUT2D eigenvalue weighted by molar-refractivity contribution is -0.384. The van der Waals surface area contributed by atoms with Crippen molar-refractivity contribution in [3.8, 4) is 0 Å². The van der Waals surface area contributed by atoms with Crippen LogP contribution in [0.3, 0.4) is 0 Å². The average Bonchev–Trinajstić information content (AvgIpc) is 2.90. The molecule has 0 radical (unpaired) electrons.